The molecule has 0 atom stereocenters. The van der Waals surface area contributed by atoms with Gasteiger partial charge in [0.25, 0.3) is 15.9 Å². The number of carbonyl (C=O) groups excluding carboxylic acids is 1. The van der Waals surface area contributed by atoms with Gasteiger partial charge in [-0.15, -0.1) is 0 Å². The van der Waals surface area contributed by atoms with E-state index in [1.165, 1.54) is 6.07 Å². The number of aromatic amines is 1. The van der Waals surface area contributed by atoms with Crippen LogP contribution in [0.25, 0.3) is 10.9 Å². The fourth-order valence-corrected chi connectivity index (χ4v) is 3.50. The van der Waals surface area contributed by atoms with Gasteiger partial charge in [0, 0.05) is 11.2 Å². The average Bonchev–Trinajstić information content (AvgIpc) is 2.86. The highest BCUT2D eigenvalue weighted by Gasteiger charge is 2.18. The molecule has 5 N–H and O–H groups in total. The number of nitrogens with one attached hydrogen (secondary N) is 2. The average molecular weight is 345 g/mol. The monoisotopic (exact) mass is 345 g/mol. The van der Waals surface area contributed by atoms with Crippen LogP contribution in [0.2, 0.25) is 0 Å². The van der Waals surface area contributed by atoms with Crippen LogP contribution in [0, 0.1) is 6.92 Å². The van der Waals surface area contributed by atoms with E-state index in [1.54, 1.807) is 18.2 Å². The summed E-state index contributed by atoms with van der Waals surface area (Å²) in [7, 11) is -3.93. The molecule has 3 rings (SSSR count). The maximum Gasteiger partial charge on any atom is 0.261 e. The standard InChI is InChI=1S/C16H15N3O4S/c1-9-6-10-2-3-11(7-14(10)18-9)19-24(22,23)12-4-5-15(20)13(8-12)16(17)21/h2-8,18-20H,1H3,(H2,17,21). The Kier molecular flexibility index (Phi) is 3.69. The molecule has 1 amide bonds. The lowest BCUT2D eigenvalue weighted by Gasteiger charge is -2.10. The first-order chi connectivity index (χ1) is 11.3. The van der Waals surface area contributed by atoms with E-state index in [4.69, 9.17) is 5.73 Å². The van der Waals surface area contributed by atoms with Gasteiger partial charge in [-0.1, -0.05) is 6.07 Å². The van der Waals surface area contributed by atoms with Crippen LogP contribution in [0.4, 0.5) is 5.69 Å². The predicted molar refractivity (Wildman–Crippen MR) is 90.5 cm³/mol. The van der Waals surface area contributed by atoms with Crippen LogP contribution >= 0.6 is 0 Å². The number of anilines is 1. The van der Waals surface area contributed by atoms with E-state index in [9.17, 15) is 18.3 Å². The summed E-state index contributed by atoms with van der Waals surface area (Å²) >= 11 is 0. The zero-order chi connectivity index (χ0) is 17.5. The summed E-state index contributed by atoms with van der Waals surface area (Å²) in [4.78, 5) is 14.2. The van der Waals surface area contributed by atoms with Gasteiger partial charge in [0.15, 0.2) is 0 Å². The highest BCUT2D eigenvalue weighted by atomic mass is 32.2. The number of carbonyl (C=O) groups is 1. The summed E-state index contributed by atoms with van der Waals surface area (Å²) in [6, 6.07) is 10.4. The highest BCUT2D eigenvalue weighted by molar-refractivity contribution is 7.92. The van der Waals surface area contributed by atoms with E-state index in [1.807, 2.05) is 13.0 Å². The summed E-state index contributed by atoms with van der Waals surface area (Å²) in [6.45, 7) is 1.91. The van der Waals surface area contributed by atoms with Gasteiger partial charge in [0.1, 0.15) is 5.75 Å². The van der Waals surface area contributed by atoms with Gasteiger partial charge >= 0.3 is 0 Å². The smallest absolute Gasteiger partial charge is 0.261 e. The van der Waals surface area contributed by atoms with Crippen molar-refractivity contribution in [1.29, 1.82) is 0 Å². The molecule has 0 aliphatic carbocycles. The number of phenols is 1. The van der Waals surface area contributed by atoms with Crippen molar-refractivity contribution < 1.29 is 18.3 Å². The number of aromatic hydroxyl groups is 1. The number of primary amides is 1. The second kappa shape index (κ2) is 5.57. The number of H-pyrrole nitrogens is 1. The zero-order valence-electron chi connectivity index (χ0n) is 12.7. The molecule has 0 aliphatic rings. The fourth-order valence-electron chi connectivity index (χ4n) is 2.43. The van der Waals surface area contributed by atoms with Crippen LogP contribution in [-0.2, 0) is 10.0 Å². The minimum absolute atomic E-state index is 0.170. The maximum atomic E-state index is 12.5. The van der Waals surface area contributed by atoms with E-state index in [0.717, 1.165) is 28.7 Å². The third kappa shape index (κ3) is 2.91. The number of fused-ring (bicyclic) bond motifs is 1. The van der Waals surface area contributed by atoms with Gasteiger partial charge in [-0.05, 0) is 48.7 Å². The molecule has 0 bridgehead atoms. The van der Waals surface area contributed by atoms with Crippen molar-refractivity contribution in [3.05, 3.63) is 53.7 Å². The van der Waals surface area contributed by atoms with Gasteiger partial charge in [-0.2, -0.15) is 0 Å². The molecule has 24 heavy (non-hydrogen) atoms. The quantitative estimate of drug-likeness (QED) is 0.577. The first kappa shape index (κ1) is 15.9. The normalized spacial score (nSPS) is 11.5. The molecular weight excluding hydrogens is 330 g/mol. The van der Waals surface area contributed by atoms with E-state index in [0.29, 0.717) is 5.69 Å². The Bertz CT molecular complexity index is 1050. The Hall–Kier alpha value is -3.00. The summed E-state index contributed by atoms with van der Waals surface area (Å²) < 4.78 is 27.4. The van der Waals surface area contributed by atoms with E-state index in [2.05, 4.69) is 9.71 Å². The van der Waals surface area contributed by atoms with Crippen LogP contribution in [0.3, 0.4) is 0 Å². The molecule has 124 valence electrons. The van der Waals surface area contributed by atoms with Crippen molar-refractivity contribution in [3.63, 3.8) is 0 Å². The second-order valence-corrected chi connectivity index (χ2v) is 7.09. The third-order valence-electron chi connectivity index (χ3n) is 3.55. The number of sulfonamides is 1. The molecule has 0 spiro atoms. The Balaban J connectivity index is 1.98. The number of aromatic nitrogens is 1. The molecular formula is C16H15N3O4S. The van der Waals surface area contributed by atoms with Gasteiger partial charge in [0.05, 0.1) is 16.1 Å². The molecule has 0 fully saturated rings. The van der Waals surface area contributed by atoms with E-state index in [-0.39, 0.29) is 16.2 Å². The van der Waals surface area contributed by atoms with Crippen molar-refractivity contribution in [2.24, 2.45) is 5.73 Å². The van der Waals surface area contributed by atoms with Gasteiger partial charge < -0.3 is 15.8 Å². The summed E-state index contributed by atoms with van der Waals surface area (Å²) in [5.74, 6) is -1.28. The van der Waals surface area contributed by atoms with Gasteiger partial charge in [-0.25, -0.2) is 8.42 Å². The van der Waals surface area contributed by atoms with Crippen molar-refractivity contribution >= 4 is 32.5 Å². The number of rotatable bonds is 4. The topological polar surface area (TPSA) is 125 Å². The lowest BCUT2D eigenvalue weighted by Crippen LogP contribution is -2.16. The number of nitrogens with two attached hydrogens (primary N) is 1. The summed E-state index contributed by atoms with van der Waals surface area (Å²) in [5.41, 5.74) is 7.01. The minimum Gasteiger partial charge on any atom is -0.507 e. The molecule has 0 unspecified atom stereocenters. The molecule has 0 aliphatic heterocycles. The summed E-state index contributed by atoms with van der Waals surface area (Å²) in [5, 5.41) is 10.5. The minimum atomic E-state index is -3.93. The number of benzene rings is 2. The molecule has 0 saturated heterocycles. The lowest BCUT2D eigenvalue weighted by molar-refractivity contribution is 0.0997. The SMILES string of the molecule is Cc1cc2ccc(NS(=O)(=O)c3ccc(O)c(C(N)=O)c3)cc2[nH]1. The molecule has 2 aromatic carbocycles. The van der Waals surface area contributed by atoms with E-state index >= 15 is 0 Å². The molecule has 1 heterocycles. The van der Waals surface area contributed by atoms with Crippen LogP contribution in [0.15, 0.2) is 47.4 Å². The molecule has 7 nitrogen and oxygen atoms in total. The van der Waals surface area contributed by atoms with Crippen LogP contribution in [0.1, 0.15) is 16.1 Å². The lowest BCUT2D eigenvalue weighted by atomic mass is 10.2. The molecule has 3 aromatic rings. The number of hydrogen-bond donors (Lipinski definition) is 4. The number of amides is 1. The zero-order valence-corrected chi connectivity index (χ0v) is 13.5. The van der Waals surface area contributed by atoms with Crippen molar-refractivity contribution in [2.75, 3.05) is 4.72 Å². The van der Waals surface area contributed by atoms with Crippen molar-refractivity contribution in [1.82, 2.24) is 4.98 Å². The second-order valence-electron chi connectivity index (χ2n) is 5.40. The largest absolute Gasteiger partial charge is 0.507 e. The first-order valence-electron chi connectivity index (χ1n) is 7.01. The predicted octanol–water partition coefficient (Wildman–Crippen LogP) is 2.08. The van der Waals surface area contributed by atoms with Crippen LogP contribution in [-0.4, -0.2) is 24.4 Å². The number of aryl methyl sites for hydroxylation is 1. The van der Waals surface area contributed by atoms with Crippen molar-refractivity contribution in [2.45, 2.75) is 11.8 Å². The molecule has 0 saturated carbocycles. The number of hydrogen-bond acceptors (Lipinski definition) is 4. The van der Waals surface area contributed by atoms with Gasteiger partial charge in [-0.3, -0.25) is 9.52 Å². The fraction of sp³-hybridized carbons (Fsp3) is 0.0625. The Labute approximate surface area is 138 Å². The maximum absolute atomic E-state index is 12.5. The molecule has 8 heteroatoms. The Morgan fingerprint density at radius 3 is 2.62 bits per heavy atom. The molecule has 0 radical (unpaired) electrons. The van der Waals surface area contributed by atoms with E-state index < -0.39 is 15.9 Å². The first-order valence-corrected chi connectivity index (χ1v) is 8.49. The van der Waals surface area contributed by atoms with Crippen LogP contribution in [0.5, 0.6) is 5.75 Å². The van der Waals surface area contributed by atoms with Crippen molar-refractivity contribution in [3.8, 4) is 5.75 Å². The van der Waals surface area contributed by atoms with Gasteiger partial charge in [0.2, 0.25) is 0 Å². The van der Waals surface area contributed by atoms with Crippen LogP contribution < -0.4 is 10.5 Å². The Morgan fingerprint density at radius 2 is 1.92 bits per heavy atom. The Morgan fingerprint density at radius 1 is 1.17 bits per heavy atom. The highest BCUT2D eigenvalue weighted by Crippen LogP contribution is 2.25. The third-order valence-corrected chi connectivity index (χ3v) is 4.93. The summed E-state index contributed by atoms with van der Waals surface area (Å²) in [6.07, 6.45) is 0. The molecule has 1 aromatic heterocycles.